The zero-order valence-corrected chi connectivity index (χ0v) is 15.1. The van der Waals surface area contributed by atoms with Gasteiger partial charge in [-0.15, -0.1) is 0 Å². The van der Waals surface area contributed by atoms with Crippen molar-refractivity contribution < 1.29 is 4.79 Å². The minimum atomic E-state index is 0.0104. The van der Waals surface area contributed by atoms with E-state index in [1.807, 2.05) is 24.3 Å². The number of hydrogen-bond donors (Lipinski definition) is 1. The highest BCUT2D eigenvalue weighted by molar-refractivity contribution is 9.10. The van der Waals surface area contributed by atoms with E-state index in [4.69, 9.17) is 0 Å². The molecule has 3 nitrogen and oxygen atoms in total. The first-order valence-electron chi connectivity index (χ1n) is 8.25. The molecule has 1 heterocycles. The summed E-state index contributed by atoms with van der Waals surface area (Å²) in [5, 5.41) is 4.52. The van der Waals surface area contributed by atoms with Crippen LogP contribution in [0, 0.1) is 0 Å². The maximum Gasteiger partial charge on any atom is 0.251 e. The fourth-order valence-corrected chi connectivity index (χ4v) is 3.99. The van der Waals surface area contributed by atoms with Crippen LogP contribution >= 0.6 is 15.9 Å². The van der Waals surface area contributed by atoms with Gasteiger partial charge in [-0.1, -0.05) is 34.1 Å². The van der Waals surface area contributed by atoms with Gasteiger partial charge in [0.1, 0.15) is 0 Å². The van der Waals surface area contributed by atoms with Gasteiger partial charge in [-0.05, 0) is 55.2 Å². The lowest BCUT2D eigenvalue weighted by Gasteiger charge is -2.24. The summed E-state index contributed by atoms with van der Waals surface area (Å²) in [6.45, 7) is 0. The van der Waals surface area contributed by atoms with Crippen molar-refractivity contribution >= 4 is 32.7 Å². The number of rotatable bonds is 2. The zero-order valence-electron chi connectivity index (χ0n) is 13.6. The summed E-state index contributed by atoms with van der Waals surface area (Å²) in [5.41, 5.74) is 4.79. The summed E-state index contributed by atoms with van der Waals surface area (Å²) in [5.74, 6) is 0.0104. The van der Waals surface area contributed by atoms with E-state index in [0.29, 0.717) is 5.56 Å². The number of para-hydroxylation sites is 1. The molecule has 122 valence electrons. The molecule has 0 spiro atoms. The Morgan fingerprint density at radius 1 is 1.17 bits per heavy atom. The minimum Gasteiger partial charge on any atom is -0.349 e. The lowest BCUT2D eigenvalue weighted by molar-refractivity contribution is 0.0933. The third-order valence-electron chi connectivity index (χ3n) is 4.97. The Morgan fingerprint density at radius 3 is 2.71 bits per heavy atom. The molecule has 0 aliphatic heterocycles. The molecule has 0 bridgehead atoms. The van der Waals surface area contributed by atoms with E-state index in [1.165, 1.54) is 22.2 Å². The van der Waals surface area contributed by atoms with E-state index in [-0.39, 0.29) is 11.9 Å². The van der Waals surface area contributed by atoms with Gasteiger partial charge in [-0.2, -0.15) is 0 Å². The second-order valence-electron chi connectivity index (χ2n) is 6.42. The molecule has 1 unspecified atom stereocenters. The average Bonchev–Trinajstić information content (AvgIpc) is 2.88. The quantitative estimate of drug-likeness (QED) is 0.706. The van der Waals surface area contributed by atoms with Gasteiger partial charge in [-0.3, -0.25) is 4.79 Å². The van der Waals surface area contributed by atoms with Crippen LogP contribution in [0.3, 0.4) is 0 Å². The standard InChI is InChI=1S/C20H19BrN2O/c1-23-18-5-3-2-4-16(18)17-12-15(10-11-19(17)23)22-20(24)13-6-8-14(21)9-7-13/h2-9,15H,10-12H2,1H3,(H,22,24). The molecule has 24 heavy (non-hydrogen) atoms. The van der Waals surface area contributed by atoms with Crippen LogP contribution in [0.5, 0.6) is 0 Å². The number of nitrogens with zero attached hydrogens (tertiary/aromatic N) is 1. The molecule has 0 saturated heterocycles. The Bertz CT molecular complexity index is 911. The maximum absolute atomic E-state index is 12.5. The number of benzene rings is 2. The van der Waals surface area contributed by atoms with Crippen molar-refractivity contribution in [1.82, 2.24) is 9.88 Å². The second kappa shape index (κ2) is 6.10. The Hall–Kier alpha value is -2.07. The Morgan fingerprint density at radius 2 is 1.92 bits per heavy atom. The highest BCUT2D eigenvalue weighted by atomic mass is 79.9. The van der Waals surface area contributed by atoms with Gasteiger partial charge in [0.15, 0.2) is 0 Å². The van der Waals surface area contributed by atoms with E-state index in [2.05, 4.69) is 57.1 Å². The minimum absolute atomic E-state index is 0.0104. The van der Waals surface area contributed by atoms with Crippen LogP contribution in [0.25, 0.3) is 10.9 Å². The molecule has 0 radical (unpaired) electrons. The van der Waals surface area contributed by atoms with Gasteiger partial charge >= 0.3 is 0 Å². The van der Waals surface area contributed by atoms with Crippen molar-refractivity contribution in [3.05, 3.63) is 69.8 Å². The molecule has 4 heteroatoms. The van der Waals surface area contributed by atoms with Gasteiger partial charge in [0.2, 0.25) is 0 Å². The second-order valence-corrected chi connectivity index (χ2v) is 7.34. The van der Waals surface area contributed by atoms with Crippen molar-refractivity contribution in [2.75, 3.05) is 0 Å². The third kappa shape index (κ3) is 2.65. The molecule has 2 aromatic carbocycles. The van der Waals surface area contributed by atoms with Crippen LogP contribution in [0.4, 0.5) is 0 Å². The highest BCUT2D eigenvalue weighted by Crippen LogP contribution is 2.31. The summed E-state index contributed by atoms with van der Waals surface area (Å²) < 4.78 is 3.29. The molecule has 0 saturated carbocycles. The van der Waals surface area contributed by atoms with E-state index in [0.717, 1.165) is 23.7 Å². The van der Waals surface area contributed by atoms with Gasteiger partial charge in [0, 0.05) is 39.7 Å². The van der Waals surface area contributed by atoms with Crippen LogP contribution in [0.1, 0.15) is 28.0 Å². The highest BCUT2D eigenvalue weighted by Gasteiger charge is 2.25. The Balaban J connectivity index is 1.57. The molecular weight excluding hydrogens is 364 g/mol. The predicted octanol–water partition coefficient (Wildman–Crippen LogP) is 4.23. The average molecular weight is 383 g/mol. The summed E-state index contributed by atoms with van der Waals surface area (Å²) in [6.07, 6.45) is 2.89. The normalized spacial score (nSPS) is 16.8. The Labute approximate surface area is 149 Å². The molecule has 3 aromatic rings. The Kier molecular flexibility index (Phi) is 3.93. The van der Waals surface area contributed by atoms with Gasteiger partial charge in [-0.25, -0.2) is 0 Å². The molecule has 1 aliphatic carbocycles. The lowest BCUT2D eigenvalue weighted by Crippen LogP contribution is -2.38. The van der Waals surface area contributed by atoms with Crippen LogP contribution in [-0.2, 0) is 19.9 Å². The number of carbonyl (C=O) groups is 1. The number of amides is 1. The summed E-state index contributed by atoms with van der Waals surface area (Å²) in [6, 6.07) is 16.2. The fraction of sp³-hybridized carbons (Fsp3) is 0.250. The lowest BCUT2D eigenvalue weighted by atomic mass is 9.91. The van der Waals surface area contributed by atoms with Gasteiger partial charge < -0.3 is 9.88 Å². The number of aryl methyl sites for hydroxylation is 1. The van der Waals surface area contributed by atoms with Crippen LogP contribution in [0.2, 0.25) is 0 Å². The number of fused-ring (bicyclic) bond motifs is 3. The van der Waals surface area contributed by atoms with Crippen LogP contribution < -0.4 is 5.32 Å². The molecule has 4 rings (SSSR count). The van der Waals surface area contributed by atoms with Crippen molar-refractivity contribution in [3.63, 3.8) is 0 Å². The van der Waals surface area contributed by atoms with Crippen LogP contribution in [-0.4, -0.2) is 16.5 Å². The topological polar surface area (TPSA) is 34.0 Å². The summed E-state index contributed by atoms with van der Waals surface area (Å²) in [7, 11) is 2.14. The zero-order chi connectivity index (χ0) is 16.7. The first-order valence-corrected chi connectivity index (χ1v) is 9.04. The van der Waals surface area contributed by atoms with Crippen molar-refractivity contribution in [1.29, 1.82) is 0 Å². The van der Waals surface area contributed by atoms with E-state index in [1.54, 1.807) is 0 Å². The van der Waals surface area contributed by atoms with Crippen molar-refractivity contribution in [2.45, 2.75) is 25.3 Å². The van der Waals surface area contributed by atoms with Crippen molar-refractivity contribution in [2.24, 2.45) is 7.05 Å². The van der Waals surface area contributed by atoms with E-state index in [9.17, 15) is 4.79 Å². The first-order chi connectivity index (χ1) is 11.6. The molecule has 1 N–H and O–H groups in total. The SMILES string of the molecule is Cn1c2c(c3ccccc31)CC(NC(=O)c1ccc(Br)cc1)CC2. The maximum atomic E-state index is 12.5. The number of carbonyl (C=O) groups excluding carboxylic acids is 1. The van der Waals surface area contributed by atoms with Crippen molar-refractivity contribution in [3.8, 4) is 0 Å². The third-order valence-corrected chi connectivity index (χ3v) is 5.49. The van der Waals surface area contributed by atoms with E-state index >= 15 is 0 Å². The number of hydrogen-bond acceptors (Lipinski definition) is 1. The molecule has 1 aliphatic rings. The summed E-state index contributed by atoms with van der Waals surface area (Å²) in [4.78, 5) is 12.5. The molecule has 1 aromatic heterocycles. The van der Waals surface area contributed by atoms with Gasteiger partial charge in [0.05, 0.1) is 0 Å². The largest absolute Gasteiger partial charge is 0.349 e. The monoisotopic (exact) mass is 382 g/mol. The van der Waals surface area contributed by atoms with E-state index < -0.39 is 0 Å². The summed E-state index contributed by atoms with van der Waals surface area (Å²) >= 11 is 3.40. The predicted molar refractivity (Wildman–Crippen MR) is 100 cm³/mol. The molecular formula is C20H19BrN2O. The number of halogens is 1. The molecule has 0 fully saturated rings. The fourth-order valence-electron chi connectivity index (χ4n) is 3.72. The smallest absolute Gasteiger partial charge is 0.251 e. The number of aromatic nitrogens is 1. The number of nitrogens with one attached hydrogen (secondary N) is 1. The van der Waals surface area contributed by atoms with Crippen LogP contribution in [0.15, 0.2) is 53.0 Å². The van der Waals surface area contributed by atoms with Gasteiger partial charge in [0.25, 0.3) is 5.91 Å². The molecule has 1 atom stereocenters. The first kappa shape index (κ1) is 15.5. The molecule has 1 amide bonds.